The van der Waals surface area contributed by atoms with Gasteiger partial charge in [0.25, 0.3) is 0 Å². The summed E-state index contributed by atoms with van der Waals surface area (Å²) in [5.41, 5.74) is 4.32. The summed E-state index contributed by atoms with van der Waals surface area (Å²) in [6, 6.07) is 10.3. The Morgan fingerprint density at radius 1 is 0.806 bits per heavy atom. The quantitative estimate of drug-likeness (QED) is 0.198. The SMILES string of the molecule is CCCCC(CC)COc1ccc(PC(=O)c2c(C)cc(C)cc2C)c(OCC(CC)CCCC)c1. The molecule has 2 aromatic rings. The first-order valence-corrected chi connectivity index (χ1v) is 15.1. The molecule has 3 nitrogen and oxygen atoms in total. The van der Waals surface area contributed by atoms with E-state index in [4.69, 9.17) is 9.47 Å². The maximum atomic E-state index is 13.4. The van der Waals surface area contributed by atoms with E-state index in [1.165, 1.54) is 44.1 Å². The van der Waals surface area contributed by atoms with E-state index in [9.17, 15) is 4.79 Å². The Balaban J connectivity index is 2.25. The van der Waals surface area contributed by atoms with E-state index in [0.717, 1.165) is 52.9 Å². The predicted octanol–water partition coefficient (Wildman–Crippen LogP) is 8.95. The molecule has 0 aliphatic rings. The number of aryl methyl sites for hydroxylation is 3. The average Bonchev–Trinajstić information content (AvgIpc) is 2.84. The molecule has 0 bridgehead atoms. The lowest BCUT2D eigenvalue weighted by Gasteiger charge is -2.20. The summed E-state index contributed by atoms with van der Waals surface area (Å²) in [5, 5.41) is 0.968. The van der Waals surface area contributed by atoms with Crippen LogP contribution in [0.5, 0.6) is 11.5 Å². The summed E-state index contributed by atoms with van der Waals surface area (Å²) in [4.78, 5) is 13.4. The Labute approximate surface area is 222 Å². The maximum absolute atomic E-state index is 13.4. The van der Waals surface area contributed by atoms with E-state index in [2.05, 4.69) is 46.8 Å². The van der Waals surface area contributed by atoms with Gasteiger partial charge in [0.05, 0.1) is 13.2 Å². The highest BCUT2D eigenvalue weighted by molar-refractivity contribution is 7.66. The number of ether oxygens (including phenoxy) is 2. The van der Waals surface area contributed by atoms with Crippen LogP contribution in [-0.2, 0) is 0 Å². The van der Waals surface area contributed by atoms with Crippen LogP contribution in [0.4, 0.5) is 0 Å². The van der Waals surface area contributed by atoms with Crippen LogP contribution in [0.25, 0.3) is 0 Å². The van der Waals surface area contributed by atoms with Gasteiger partial charge in [0.15, 0.2) is 5.52 Å². The lowest BCUT2D eigenvalue weighted by Crippen LogP contribution is -2.16. The topological polar surface area (TPSA) is 35.5 Å². The molecule has 3 unspecified atom stereocenters. The highest BCUT2D eigenvalue weighted by atomic mass is 31.1. The summed E-state index contributed by atoms with van der Waals surface area (Å²) in [6.07, 6.45) is 9.49. The summed E-state index contributed by atoms with van der Waals surface area (Å²) in [7, 11) is 0.0234. The zero-order valence-electron chi connectivity index (χ0n) is 23.8. The van der Waals surface area contributed by atoms with Crippen molar-refractivity contribution in [2.45, 2.75) is 99.8 Å². The fraction of sp³-hybridized carbons (Fsp3) is 0.594. The van der Waals surface area contributed by atoms with Crippen molar-refractivity contribution in [3.8, 4) is 11.5 Å². The Kier molecular flexibility index (Phi) is 13.6. The Bertz CT molecular complexity index is 929. The minimum atomic E-state index is 0.0234. The third-order valence-electron chi connectivity index (χ3n) is 7.15. The summed E-state index contributed by atoms with van der Waals surface area (Å²) in [6.45, 7) is 16.5. The van der Waals surface area contributed by atoms with Gasteiger partial charge in [-0.3, -0.25) is 4.79 Å². The zero-order chi connectivity index (χ0) is 26.5. The van der Waals surface area contributed by atoms with E-state index in [0.29, 0.717) is 18.4 Å². The van der Waals surface area contributed by atoms with Gasteiger partial charge >= 0.3 is 0 Å². The maximum Gasteiger partial charge on any atom is 0.186 e. The standard InChI is InChI=1S/C32H49O3P/c1-8-12-14-26(10-3)21-34-28-16-17-30(29(20-28)35-22-27(11-4)15-13-9-2)36-32(33)31-24(6)18-23(5)19-25(31)7/h16-20,26-27,36H,8-15,21-22H2,1-7H3. The van der Waals surface area contributed by atoms with Crippen LogP contribution in [-0.4, -0.2) is 18.7 Å². The largest absolute Gasteiger partial charge is 0.493 e. The lowest BCUT2D eigenvalue weighted by molar-refractivity contribution is 0.108. The van der Waals surface area contributed by atoms with E-state index in [-0.39, 0.29) is 14.1 Å². The van der Waals surface area contributed by atoms with Crippen LogP contribution < -0.4 is 14.8 Å². The van der Waals surface area contributed by atoms with Gasteiger partial charge in [-0.15, -0.1) is 0 Å². The number of hydrogen-bond donors (Lipinski definition) is 0. The van der Waals surface area contributed by atoms with Crippen LogP contribution in [0, 0.1) is 32.6 Å². The molecule has 0 aliphatic heterocycles. The molecule has 4 heteroatoms. The highest BCUT2D eigenvalue weighted by Gasteiger charge is 2.18. The smallest absolute Gasteiger partial charge is 0.186 e. The van der Waals surface area contributed by atoms with Crippen molar-refractivity contribution in [3.63, 3.8) is 0 Å². The third kappa shape index (κ3) is 9.55. The number of benzene rings is 2. The van der Waals surface area contributed by atoms with Crippen molar-refractivity contribution < 1.29 is 14.3 Å². The van der Waals surface area contributed by atoms with Crippen molar-refractivity contribution in [1.82, 2.24) is 0 Å². The average molecular weight is 513 g/mol. The molecule has 0 radical (unpaired) electrons. The monoisotopic (exact) mass is 512 g/mol. The van der Waals surface area contributed by atoms with Crippen LogP contribution in [0.2, 0.25) is 0 Å². The first-order valence-electron chi connectivity index (χ1n) is 14.1. The molecule has 2 rings (SSSR count). The first kappa shape index (κ1) is 30.4. The fourth-order valence-corrected chi connectivity index (χ4v) is 5.95. The third-order valence-corrected chi connectivity index (χ3v) is 8.31. The molecular weight excluding hydrogens is 463 g/mol. The minimum Gasteiger partial charge on any atom is -0.493 e. The molecule has 0 spiro atoms. The summed E-state index contributed by atoms with van der Waals surface area (Å²) in [5.74, 6) is 2.74. The zero-order valence-corrected chi connectivity index (χ0v) is 24.8. The van der Waals surface area contributed by atoms with Gasteiger partial charge in [-0.1, -0.05) is 83.9 Å². The second-order valence-corrected chi connectivity index (χ2v) is 11.6. The van der Waals surface area contributed by atoms with Gasteiger partial charge in [-0.05, 0) is 77.3 Å². The van der Waals surface area contributed by atoms with Gasteiger partial charge < -0.3 is 9.47 Å². The molecule has 0 fully saturated rings. The molecule has 0 saturated heterocycles. The number of carbonyl (C=O) groups excluding carboxylic acids is 1. The Morgan fingerprint density at radius 3 is 1.89 bits per heavy atom. The molecule has 36 heavy (non-hydrogen) atoms. The number of unbranched alkanes of at least 4 members (excludes halogenated alkanes) is 2. The molecule has 3 atom stereocenters. The van der Waals surface area contributed by atoms with Gasteiger partial charge in [0.2, 0.25) is 0 Å². The highest BCUT2D eigenvalue weighted by Crippen LogP contribution is 2.31. The number of hydrogen-bond acceptors (Lipinski definition) is 3. The van der Waals surface area contributed by atoms with E-state index in [1.54, 1.807) is 0 Å². The van der Waals surface area contributed by atoms with Gasteiger partial charge in [0.1, 0.15) is 11.5 Å². The molecule has 200 valence electrons. The van der Waals surface area contributed by atoms with Crippen LogP contribution in [0.3, 0.4) is 0 Å². The van der Waals surface area contributed by atoms with E-state index >= 15 is 0 Å². The van der Waals surface area contributed by atoms with Crippen molar-refractivity contribution in [3.05, 3.63) is 52.6 Å². The molecular formula is C32H49O3P. The van der Waals surface area contributed by atoms with Gasteiger partial charge in [-0.25, -0.2) is 0 Å². The molecule has 0 N–H and O–H groups in total. The second kappa shape index (κ2) is 16.1. The normalized spacial score (nSPS) is 13.2. The fourth-order valence-electron chi connectivity index (χ4n) is 4.76. The van der Waals surface area contributed by atoms with E-state index < -0.39 is 0 Å². The summed E-state index contributed by atoms with van der Waals surface area (Å²) < 4.78 is 12.6. The molecule has 0 aromatic heterocycles. The minimum absolute atomic E-state index is 0.0234. The predicted molar refractivity (Wildman–Crippen MR) is 157 cm³/mol. The summed E-state index contributed by atoms with van der Waals surface area (Å²) >= 11 is 0. The number of carbonyl (C=O) groups is 1. The Hall–Kier alpha value is -1.86. The molecule has 0 saturated carbocycles. The van der Waals surface area contributed by atoms with Gasteiger partial charge in [-0.2, -0.15) is 0 Å². The lowest BCUT2D eigenvalue weighted by atomic mass is 10.0. The molecule has 0 heterocycles. The molecule has 0 amide bonds. The van der Waals surface area contributed by atoms with Crippen molar-refractivity contribution >= 4 is 19.4 Å². The van der Waals surface area contributed by atoms with E-state index in [1.807, 2.05) is 32.0 Å². The van der Waals surface area contributed by atoms with Crippen LogP contribution in [0.1, 0.15) is 106 Å². The van der Waals surface area contributed by atoms with Crippen molar-refractivity contribution in [1.29, 1.82) is 0 Å². The van der Waals surface area contributed by atoms with Crippen LogP contribution in [0.15, 0.2) is 30.3 Å². The second-order valence-electron chi connectivity index (χ2n) is 10.3. The molecule has 2 aromatic carbocycles. The van der Waals surface area contributed by atoms with Gasteiger partial charge in [0, 0.05) is 16.9 Å². The van der Waals surface area contributed by atoms with Crippen molar-refractivity contribution in [2.24, 2.45) is 11.8 Å². The Morgan fingerprint density at radius 2 is 1.36 bits per heavy atom. The molecule has 0 aliphatic carbocycles. The number of rotatable bonds is 17. The van der Waals surface area contributed by atoms with Crippen LogP contribution >= 0.6 is 8.58 Å². The van der Waals surface area contributed by atoms with Crippen molar-refractivity contribution in [2.75, 3.05) is 13.2 Å². The first-order chi connectivity index (χ1) is 17.3.